The molecule has 0 bridgehead atoms. The van der Waals surface area contributed by atoms with E-state index >= 15 is 0 Å². The van der Waals surface area contributed by atoms with Crippen molar-refractivity contribution in [2.75, 3.05) is 0 Å². The van der Waals surface area contributed by atoms with Gasteiger partial charge in [0.15, 0.2) is 0 Å². The van der Waals surface area contributed by atoms with E-state index in [1.165, 1.54) is 65.2 Å². The van der Waals surface area contributed by atoms with E-state index in [1.54, 1.807) is 0 Å². The molecule has 0 spiro atoms. The van der Waals surface area contributed by atoms with Crippen LogP contribution < -0.4 is 0 Å². The van der Waals surface area contributed by atoms with Crippen molar-refractivity contribution >= 4 is 75.9 Å². The summed E-state index contributed by atoms with van der Waals surface area (Å²) in [5, 5.41) is 12.1. The van der Waals surface area contributed by atoms with Crippen LogP contribution in [0.15, 0.2) is 206 Å². The van der Waals surface area contributed by atoms with E-state index in [2.05, 4.69) is 229 Å². The van der Waals surface area contributed by atoms with Gasteiger partial charge in [0.25, 0.3) is 0 Å². The molecule has 0 fully saturated rings. The summed E-state index contributed by atoms with van der Waals surface area (Å²) in [6.07, 6.45) is 0. The van der Waals surface area contributed by atoms with E-state index in [0.717, 1.165) is 67.1 Å². The topological polar surface area (TPSA) is 35.6 Å². The Hall–Kier alpha value is -8.34. The zero-order chi connectivity index (χ0) is 43.0. The van der Waals surface area contributed by atoms with Crippen molar-refractivity contribution in [3.8, 4) is 45.1 Å². The largest absolute Gasteiger partial charge is 0.309 e. The highest BCUT2D eigenvalue weighted by Crippen LogP contribution is 2.50. The lowest BCUT2D eigenvalue weighted by molar-refractivity contribution is 0.636. The zero-order valence-corrected chi connectivity index (χ0v) is 35.9. The third-order valence-corrected chi connectivity index (χ3v) is 14.2. The third kappa shape index (κ3) is 5.08. The minimum atomic E-state index is -0.329. The Balaban J connectivity index is 1.07. The lowest BCUT2D eigenvalue weighted by Crippen LogP contribution is -2.17. The van der Waals surface area contributed by atoms with Crippen molar-refractivity contribution in [2.45, 2.75) is 19.3 Å². The van der Waals surface area contributed by atoms with E-state index in [0.29, 0.717) is 0 Å². The van der Waals surface area contributed by atoms with Crippen LogP contribution in [-0.4, -0.2) is 19.1 Å². The van der Waals surface area contributed by atoms with Gasteiger partial charge in [0.05, 0.1) is 50.5 Å². The third-order valence-electron chi connectivity index (χ3n) is 14.2. The minimum absolute atomic E-state index is 0.329. The van der Waals surface area contributed by atoms with Crippen LogP contribution in [0.5, 0.6) is 0 Å². The second-order valence-corrected chi connectivity index (χ2v) is 18.1. The molecular weight excluding hydrogens is 789 g/mol. The van der Waals surface area contributed by atoms with E-state index in [4.69, 9.17) is 9.97 Å². The fourth-order valence-electron chi connectivity index (χ4n) is 11.2. The predicted octanol–water partition coefficient (Wildman–Crippen LogP) is 15.8. The smallest absolute Gasteiger partial charge is 0.0979 e. The minimum Gasteiger partial charge on any atom is -0.309 e. The van der Waals surface area contributed by atoms with Gasteiger partial charge < -0.3 is 9.13 Å². The maximum absolute atomic E-state index is 5.78. The normalized spacial score (nSPS) is 13.2. The molecule has 4 nitrogen and oxygen atoms in total. The van der Waals surface area contributed by atoms with Gasteiger partial charge in [-0.2, -0.15) is 0 Å². The highest BCUT2D eigenvalue weighted by Gasteiger charge is 2.39. The molecule has 14 rings (SSSR count). The molecule has 0 N–H and O–H groups in total. The fourth-order valence-corrected chi connectivity index (χ4v) is 11.2. The van der Waals surface area contributed by atoms with Crippen molar-refractivity contribution in [3.05, 3.63) is 218 Å². The van der Waals surface area contributed by atoms with Crippen molar-refractivity contribution in [1.82, 2.24) is 19.1 Å². The number of nitrogens with zero attached hydrogens (tertiary/aromatic N) is 4. The van der Waals surface area contributed by atoms with Crippen LogP contribution in [0, 0.1) is 0 Å². The Morgan fingerprint density at radius 3 is 1.89 bits per heavy atom. The van der Waals surface area contributed by atoms with E-state index < -0.39 is 0 Å². The molecule has 0 saturated heterocycles. The maximum atomic E-state index is 5.78. The fraction of sp³-hybridized carbons (Fsp3) is 0.0492. The summed E-state index contributed by atoms with van der Waals surface area (Å²) >= 11 is 0. The van der Waals surface area contributed by atoms with Gasteiger partial charge in [0.1, 0.15) is 0 Å². The highest BCUT2D eigenvalue weighted by atomic mass is 15.0. The second-order valence-electron chi connectivity index (χ2n) is 18.1. The summed E-state index contributed by atoms with van der Waals surface area (Å²) in [5.41, 5.74) is 14.8. The van der Waals surface area contributed by atoms with Crippen molar-refractivity contribution in [1.29, 1.82) is 0 Å². The van der Waals surface area contributed by atoms with Gasteiger partial charge in [-0.25, -0.2) is 9.97 Å². The van der Waals surface area contributed by atoms with Gasteiger partial charge in [0.2, 0.25) is 0 Å². The summed E-state index contributed by atoms with van der Waals surface area (Å²) in [4.78, 5) is 11.6. The lowest BCUT2D eigenvalue weighted by atomic mass is 9.85. The number of fused-ring (bicyclic) bond motifs is 13. The number of benzene rings is 10. The van der Waals surface area contributed by atoms with Crippen LogP contribution in [0.2, 0.25) is 0 Å². The van der Waals surface area contributed by atoms with Gasteiger partial charge >= 0.3 is 0 Å². The van der Waals surface area contributed by atoms with Crippen LogP contribution in [-0.2, 0) is 5.41 Å². The first-order valence-corrected chi connectivity index (χ1v) is 22.5. The molecule has 3 heterocycles. The molecule has 0 aliphatic heterocycles. The summed E-state index contributed by atoms with van der Waals surface area (Å²) in [5.74, 6) is 0. The standard InChI is InChI=1S/C61H40N4/c1-61(2)51-27-12-10-23-49(51)58-60(61)63-56(40-31-32-46-45-22-11-13-28-52(45)64(54(46)36-40)41-19-4-3-5-20-41)57(62-58)47-26-14-25-44-43(47)24-15-29-53(44)65-55-35-39-18-7-6-17-38(39)34-50(55)48-33-30-37-16-8-9-21-42(37)59(48)65/h3-36H,1-2H3. The number of rotatable bonds is 4. The molecule has 65 heavy (non-hydrogen) atoms. The Morgan fingerprint density at radius 1 is 0.369 bits per heavy atom. The SMILES string of the molecule is CC1(C)c2ccccc2-c2nc(-c3cccc4c(-n5c6cc7ccccc7cc6c6ccc7ccccc7c65)cccc34)c(-c3ccc4c5ccccc5n(-c5ccccc5)c4c3)nc21. The molecule has 4 heteroatoms. The predicted molar refractivity (Wildman–Crippen MR) is 272 cm³/mol. The Labute approximate surface area is 375 Å². The van der Waals surface area contributed by atoms with Gasteiger partial charge in [0, 0.05) is 60.1 Å². The number of aromatic nitrogens is 4. The first kappa shape index (κ1) is 36.2. The van der Waals surface area contributed by atoms with Crippen LogP contribution in [0.25, 0.3) is 121 Å². The van der Waals surface area contributed by atoms with E-state index in [1.807, 2.05) is 0 Å². The Morgan fingerprint density at radius 2 is 1.02 bits per heavy atom. The molecule has 0 amide bonds. The zero-order valence-electron chi connectivity index (χ0n) is 35.9. The number of hydrogen-bond acceptors (Lipinski definition) is 2. The Kier molecular flexibility index (Phi) is 7.42. The van der Waals surface area contributed by atoms with Crippen LogP contribution in [0.4, 0.5) is 0 Å². The molecule has 0 atom stereocenters. The van der Waals surface area contributed by atoms with Crippen molar-refractivity contribution < 1.29 is 0 Å². The van der Waals surface area contributed by atoms with E-state index in [9.17, 15) is 0 Å². The summed E-state index contributed by atoms with van der Waals surface area (Å²) < 4.78 is 4.90. The maximum Gasteiger partial charge on any atom is 0.0979 e. The highest BCUT2D eigenvalue weighted by molar-refractivity contribution is 6.21. The summed E-state index contributed by atoms with van der Waals surface area (Å²) in [7, 11) is 0. The summed E-state index contributed by atoms with van der Waals surface area (Å²) in [6, 6.07) is 75.3. The molecule has 304 valence electrons. The molecule has 0 unspecified atom stereocenters. The van der Waals surface area contributed by atoms with Crippen LogP contribution in [0.3, 0.4) is 0 Å². The number of para-hydroxylation sites is 2. The van der Waals surface area contributed by atoms with Crippen molar-refractivity contribution in [2.24, 2.45) is 0 Å². The van der Waals surface area contributed by atoms with E-state index in [-0.39, 0.29) is 5.41 Å². The first-order chi connectivity index (χ1) is 32.0. The van der Waals surface area contributed by atoms with Crippen LogP contribution in [0.1, 0.15) is 25.1 Å². The lowest BCUT2D eigenvalue weighted by Gasteiger charge is -2.21. The molecule has 3 aromatic heterocycles. The van der Waals surface area contributed by atoms with Gasteiger partial charge in [-0.15, -0.1) is 0 Å². The average Bonchev–Trinajstić information content (AvgIpc) is 3.94. The molecule has 0 radical (unpaired) electrons. The number of hydrogen-bond donors (Lipinski definition) is 0. The summed E-state index contributed by atoms with van der Waals surface area (Å²) in [6.45, 7) is 4.57. The van der Waals surface area contributed by atoms with Gasteiger partial charge in [-0.1, -0.05) is 178 Å². The molecule has 1 aliphatic carbocycles. The van der Waals surface area contributed by atoms with Crippen molar-refractivity contribution in [3.63, 3.8) is 0 Å². The average molecular weight is 829 g/mol. The van der Waals surface area contributed by atoms with Gasteiger partial charge in [-0.3, -0.25) is 0 Å². The monoisotopic (exact) mass is 828 g/mol. The molecule has 13 aromatic rings. The molecule has 10 aromatic carbocycles. The first-order valence-electron chi connectivity index (χ1n) is 22.5. The second kappa shape index (κ2) is 13.3. The molecule has 0 saturated carbocycles. The van der Waals surface area contributed by atoms with Gasteiger partial charge in [-0.05, 0) is 69.6 Å². The quantitative estimate of drug-likeness (QED) is 0.177. The van der Waals surface area contributed by atoms with Crippen LogP contribution >= 0.6 is 0 Å². The Bertz CT molecular complexity index is 4150. The molecule has 1 aliphatic rings. The molecular formula is C61H40N4.